The summed E-state index contributed by atoms with van der Waals surface area (Å²) in [6.07, 6.45) is -8.64. The van der Waals surface area contributed by atoms with E-state index in [2.05, 4.69) is 26.2 Å². The summed E-state index contributed by atoms with van der Waals surface area (Å²) in [4.78, 5) is 25.7. The molecule has 0 radical (unpaired) electrons. The first-order valence-corrected chi connectivity index (χ1v) is 13.1. The van der Waals surface area contributed by atoms with Crippen LogP contribution in [0.1, 0.15) is 40.9 Å². The molecule has 0 bridgehead atoms. The van der Waals surface area contributed by atoms with Crippen LogP contribution in [0.3, 0.4) is 0 Å². The van der Waals surface area contributed by atoms with Gasteiger partial charge in [0.1, 0.15) is 0 Å². The summed E-state index contributed by atoms with van der Waals surface area (Å²) >= 11 is 3.48. The highest BCUT2D eigenvalue weighted by atomic mass is 79.9. The number of nitrogens with zero attached hydrogens (tertiary/aromatic N) is 4. The average Bonchev–Trinajstić information content (AvgIpc) is 2.86. The van der Waals surface area contributed by atoms with Gasteiger partial charge >= 0.3 is 12.4 Å². The van der Waals surface area contributed by atoms with E-state index in [4.69, 9.17) is 4.98 Å². The van der Waals surface area contributed by atoms with Gasteiger partial charge in [-0.15, -0.1) is 0 Å². The van der Waals surface area contributed by atoms with Gasteiger partial charge in [-0.2, -0.15) is 26.3 Å². The van der Waals surface area contributed by atoms with Gasteiger partial charge in [0, 0.05) is 55.0 Å². The fourth-order valence-corrected chi connectivity index (χ4v) is 5.16. The van der Waals surface area contributed by atoms with Gasteiger partial charge in [0.2, 0.25) is 5.95 Å². The minimum absolute atomic E-state index is 0.0532. The lowest BCUT2D eigenvalue weighted by atomic mass is 10.0. The van der Waals surface area contributed by atoms with E-state index in [9.17, 15) is 31.1 Å². The molecular formula is C27H26BrF6N5O. The van der Waals surface area contributed by atoms with Gasteiger partial charge in [-0.05, 0) is 43.7 Å². The highest BCUT2D eigenvalue weighted by Gasteiger charge is 2.37. The first-order valence-electron chi connectivity index (χ1n) is 12.3. The minimum atomic E-state index is -4.99. The highest BCUT2D eigenvalue weighted by Crippen LogP contribution is 2.37. The number of nitrogens with one attached hydrogen (secondary N) is 1. The molecule has 1 aliphatic rings. The molecular weight excluding hydrogens is 604 g/mol. The van der Waals surface area contributed by atoms with Crippen molar-refractivity contribution < 1.29 is 31.1 Å². The van der Waals surface area contributed by atoms with Gasteiger partial charge in [0.25, 0.3) is 5.91 Å². The summed E-state index contributed by atoms with van der Waals surface area (Å²) in [7, 11) is 1.30. The van der Waals surface area contributed by atoms with Gasteiger partial charge < -0.3 is 15.1 Å². The van der Waals surface area contributed by atoms with E-state index in [-0.39, 0.29) is 35.0 Å². The van der Waals surface area contributed by atoms with E-state index >= 15 is 0 Å². The molecule has 4 rings (SSSR count). The SMILES string of the molecule is C[C@@H]1CN(c2ncc(C(=O)N(C)Cc3cc(C(F)(F)F)cc(C(F)(F)F)c3)c(-c3ccccc3Br)n2)C[C@H](C)N1. The van der Waals surface area contributed by atoms with Crippen LogP contribution in [0.5, 0.6) is 0 Å². The molecule has 6 nitrogen and oxygen atoms in total. The molecule has 1 aromatic heterocycles. The predicted octanol–water partition coefficient (Wildman–Crippen LogP) is 6.40. The fraction of sp³-hybridized carbons (Fsp3) is 0.370. The summed E-state index contributed by atoms with van der Waals surface area (Å²) in [5.41, 5.74) is -2.29. The van der Waals surface area contributed by atoms with Gasteiger partial charge in [0.05, 0.1) is 22.4 Å². The van der Waals surface area contributed by atoms with E-state index in [1.165, 1.54) is 13.2 Å². The molecule has 1 fully saturated rings. The Kier molecular flexibility index (Phi) is 8.46. The number of rotatable bonds is 5. The van der Waals surface area contributed by atoms with Crippen LogP contribution in [-0.4, -0.2) is 53.0 Å². The Bertz CT molecular complexity index is 1350. The third-order valence-corrected chi connectivity index (χ3v) is 7.08. The smallest absolute Gasteiger partial charge is 0.338 e. The van der Waals surface area contributed by atoms with Gasteiger partial charge in [0.15, 0.2) is 0 Å². The molecule has 0 spiro atoms. The maximum atomic E-state index is 13.6. The first kappa shape index (κ1) is 29.8. The molecule has 1 N–H and O–H groups in total. The molecule has 1 amide bonds. The van der Waals surface area contributed by atoms with Crippen molar-refractivity contribution in [3.05, 3.63) is 75.4 Å². The van der Waals surface area contributed by atoms with Crippen LogP contribution in [0.2, 0.25) is 0 Å². The Hall–Kier alpha value is -3.19. The zero-order chi connectivity index (χ0) is 29.4. The molecule has 1 saturated heterocycles. The number of carbonyl (C=O) groups is 1. The fourth-order valence-electron chi connectivity index (χ4n) is 4.69. The van der Waals surface area contributed by atoms with Crippen molar-refractivity contribution in [1.82, 2.24) is 20.2 Å². The molecule has 0 aliphatic carbocycles. The molecule has 2 aromatic carbocycles. The van der Waals surface area contributed by atoms with Crippen molar-refractivity contribution in [2.75, 3.05) is 25.0 Å². The van der Waals surface area contributed by atoms with E-state index < -0.39 is 35.9 Å². The van der Waals surface area contributed by atoms with E-state index in [0.29, 0.717) is 41.2 Å². The van der Waals surface area contributed by atoms with E-state index in [1.807, 2.05) is 18.7 Å². The second-order valence-corrected chi connectivity index (χ2v) is 10.7. The number of piperazine rings is 1. The second-order valence-electron chi connectivity index (χ2n) is 9.86. The lowest BCUT2D eigenvalue weighted by molar-refractivity contribution is -0.143. The van der Waals surface area contributed by atoms with Crippen molar-refractivity contribution >= 4 is 27.8 Å². The normalized spacial score (nSPS) is 18.1. The summed E-state index contributed by atoms with van der Waals surface area (Å²) < 4.78 is 80.7. The van der Waals surface area contributed by atoms with Crippen LogP contribution in [0.15, 0.2) is 53.1 Å². The summed E-state index contributed by atoms with van der Waals surface area (Å²) in [6, 6.07) is 8.68. The Balaban J connectivity index is 1.72. The van der Waals surface area contributed by atoms with E-state index in [1.54, 1.807) is 24.3 Å². The lowest BCUT2D eigenvalue weighted by Crippen LogP contribution is -2.54. The Labute approximate surface area is 235 Å². The van der Waals surface area contributed by atoms with Crippen LogP contribution < -0.4 is 10.2 Å². The number of alkyl halides is 6. The number of anilines is 1. The molecule has 3 aromatic rings. The topological polar surface area (TPSA) is 61.4 Å². The van der Waals surface area contributed by atoms with Gasteiger partial charge in [-0.25, -0.2) is 9.97 Å². The molecule has 2 heterocycles. The molecule has 0 unspecified atom stereocenters. The number of amides is 1. The number of halogens is 7. The standard InChI is InChI=1S/C27H26BrF6N5O/c1-15-12-39(13-16(2)36-15)25-35-11-21(23(37-25)20-6-4-5-7-22(20)28)24(40)38(3)14-17-8-18(26(29,30)31)10-19(9-17)27(32,33)34/h4-11,15-16,36H,12-14H2,1-3H3/t15-,16+. The van der Waals surface area contributed by atoms with Gasteiger partial charge in [-0.1, -0.05) is 34.1 Å². The summed E-state index contributed by atoms with van der Waals surface area (Å²) in [5.74, 6) is -0.261. The number of aromatic nitrogens is 2. The minimum Gasteiger partial charge on any atom is -0.338 e. The number of hydrogen-bond donors (Lipinski definition) is 1. The van der Waals surface area contributed by atoms with Crippen molar-refractivity contribution in [2.24, 2.45) is 0 Å². The number of hydrogen-bond acceptors (Lipinski definition) is 5. The molecule has 13 heteroatoms. The maximum absolute atomic E-state index is 13.6. The zero-order valence-electron chi connectivity index (χ0n) is 21.7. The van der Waals surface area contributed by atoms with Crippen LogP contribution in [0, 0.1) is 0 Å². The van der Waals surface area contributed by atoms with Crippen LogP contribution >= 0.6 is 15.9 Å². The first-order chi connectivity index (χ1) is 18.6. The lowest BCUT2D eigenvalue weighted by Gasteiger charge is -2.36. The quantitative estimate of drug-likeness (QED) is 0.331. The van der Waals surface area contributed by atoms with Crippen molar-refractivity contribution in [3.8, 4) is 11.3 Å². The molecule has 2 atom stereocenters. The van der Waals surface area contributed by atoms with Crippen molar-refractivity contribution in [1.29, 1.82) is 0 Å². The largest absolute Gasteiger partial charge is 0.416 e. The summed E-state index contributed by atoms with van der Waals surface area (Å²) in [5, 5.41) is 3.42. The highest BCUT2D eigenvalue weighted by molar-refractivity contribution is 9.10. The van der Waals surface area contributed by atoms with E-state index in [0.717, 1.165) is 4.90 Å². The average molecular weight is 630 g/mol. The van der Waals surface area contributed by atoms with Crippen molar-refractivity contribution in [2.45, 2.75) is 44.8 Å². The molecule has 1 aliphatic heterocycles. The summed E-state index contributed by atoms with van der Waals surface area (Å²) in [6.45, 7) is 4.81. The number of benzene rings is 2. The second kappa shape index (κ2) is 11.4. The van der Waals surface area contributed by atoms with Crippen LogP contribution in [0.25, 0.3) is 11.3 Å². The Morgan fingerprint density at radius 3 is 2.15 bits per heavy atom. The molecule has 0 saturated carbocycles. The zero-order valence-corrected chi connectivity index (χ0v) is 23.3. The molecule has 40 heavy (non-hydrogen) atoms. The molecule has 214 valence electrons. The predicted molar refractivity (Wildman–Crippen MR) is 142 cm³/mol. The Morgan fingerprint density at radius 2 is 1.60 bits per heavy atom. The maximum Gasteiger partial charge on any atom is 0.416 e. The monoisotopic (exact) mass is 629 g/mol. The third kappa shape index (κ3) is 6.74. The van der Waals surface area contributed by atoms with Gasteiger partial charge in [-0.3, -0.25) is 4.79 Å². The third-order valence-electron chi connectivity index (χ3n) is 6.39. The van der Waals surface area contributed by atoms with Crippen LogP contribution in [0.4, 0.5) is 32.3 Å². The van der Waals surface area contributed by atoms with Crippen molar-refractivity contribution in [3.63, 3.8) is 0 Å². The van der Waals surface area contributed by atoms with Crippen LogP contribution in [-0.2, 0) is 18.9 Å². The Morgan fingerprint density at radius 1 is 1.02 bits per heavy atom. The number of carbonyl (C=O) groups excluding carboxylic acids is 1.